The van der Waals surface area contributed by atoms with Gasteiger partial charge in [0.25, 0.3) is 0 Å². The molecular formula is C18H24N4O3S. The Labute approximate surface area is 157 Å². The van der Waals surface area contributed by atoms with E-state index in [1.165, 1.54) is 11.8 Å². The summed E-state index contributed by atoms with van der Waals surface area (Å²) in [5, 5.41) is 9.37. The molecule has 1 aromatic heterocycles. The van der Waals surface area contributed by atoms with Gasteiger partial charge in [-0.2, -0.15) is 0 Å². The molecule has 1 unspecified atom stereocenters. The molecule has 140 valence electrons. The van der Waals surface area contributed by atoms with E-state index in [1.807, 2.05) is 47.6 Å². The van der Waals surface area contributed by atoms with Gasteiger partial charge in [0.2, 0.25) is 5.91 Å². The standard InChI is InChI=1S/C18H24N4O3S/c1-4-22-17(14-7-5-6-8-15(14)24-3)19-20-18(22)26-12-16(23)21-9-10-25-13(2)11-21/h5-8,13H,4,9-12H2,1-3H3. The van der Waals surface area contributed by atoms with Crippen LogP contribution in [0, 0.1) is 0 Å². The number of hydrogen-bond acceptors (Lipinski definition) is 6. The Morgan fingerprint density at radius 3 is 2.92 bits per heavy atom. The van der Waals surface area contributed by atoms with Crippen molar-refractivity contribution >= 4 is 17.7 Å². The van der Waals surface area contributed by atoms with Crippen LogP contribution in [0.1, 0.15) is 13.8 Å². The molecule has 3 rings (SSSR count). The van der Waals surface area contributed by atoms with E-state index < -0.39 is 0 Å². The van der Waals surface area contributed by atoms with Gasteiger partial charge in [-0.1, -0.05) is 23.9 Å². The van der Waals surface area contributed by atoms with Crippen molar-refractivity contribution in [3.63, 3.8) is 0 Å². The number of aromatic nitrogens is 3. The van der Waals surface area contributed by atoms with Crippen LogP contribution in [0.3, 0.4) is 0 Å². The van der Waals surface area contributed by atoms with Crippen LogP contribution in [0.2, 0.25) is 0 Å². The van der Waals surface area contributed by atoms with Gasteiger partial charge in [-0.3, -0.25) is 4.79 Å². The van der Waals surface area contributed by atoms with Crippen molar-refractivity contribution in [2.75, 3.05) is 32.6 Å². The van der Waals surface area contributed by atoms with Gasteiger partial charge in [0.05, 0.1) is 31.1 Å². The van der Waals surface area contributed by atoms with Gasteiger partial charge < -0.3 is 18.9 Å². The van der Waals surface area contributed by atoms with Crippen molar-refractivity contribution in [2.24, 2.45) is 0 Å². The molecule has 1 aromatic carbocycles. The maximum absolute atomic E-state index is 12.5. The number of carbonyl (C=O) groups is 1. The molecule has 26 heavy (non-hydrogen) atoms. The lowest BCUT2D eigenvalue weighted by Crippen LogP contribution is -2.45. The largest absolute Gasteiger partial charge is 0.496 e. The second kappa shape index (κ2) is 8.55. The molecule has 8 heteroatoms. The summed E-state index contributed by atoms with van der Waals surface area (Å²) in [6.45, 7) is 6.63. The third kappa shape index (κ3) is 4.02. The summed E-state index contributed by atoms with van der Waals surface area (Å²) in [7, 11) is 1.64. The highest BCUT2D eigenvalue weighted by Crippen LogP contribution is 2.30. The molecule has 1 saturated heterocycles. The predicted octanol–water partition coefficient (Wildman–Crippen LogP) is 2.31. The zero-order valence-corrected chi connectivity index (χ0v) is 16.2. The number of ether oxygens (including phenoxy) is 2. The zero-order chi connectivity index (χ0) is 18.5. The first-order valence-corrected chi connectivity index (χ1v) is 9.71. The first-order chi connectivity index (χ1) is 12.6. The lowest BCUT2D eigenvalue weighted by atomic mass is 10.2. The van der Waals surface area contributed by atoms with Gasteiger partial charge in [0, 0.05) is 19.6 Å². The van der Waals surface area contributed by atoms with Gasteiger partial charge in [-0.15, -0.1) is 10.2 Å². The van der Waals surface area contributed by atoms with E-state index in [2.05, 4.69) is 10.2 Å². The number of hydrogen-bond donors (Lipinski definition) is 0. The molecule has 1 fully saturated rings. The highest BCUT2D eigenvalue weighted by Gasteiger charge is 2.23. The average Bonchev–Trinajstić information content (AvgIpc) is 3.08. The minimum atomic E-state index is 0.0918. The Balaban J connectivity index is 1.73. The van der Waals surface area contributed by atoms with E-state index in [1.54, 1.807) is 7.11 Å². The van der Waals surface area contributed by atoms with Crippen LogP contribution in [0.4, 0.5) is 0 Å². The first-order valence-electron chi connectivity index (χ1n) is 8.72. The molecule has 0 bridgehead atoms. The number of rotatable bonds is 6. The van der Waals surface area contributed by atoms with E-state index in [0.29, 0.717) is 32.0 Å². The quantitative estimate of drug-likeness (QED) is 0.721. The number of amides is 1. The van der Waals surface area contributed by atoms with Crippen LogP contribution in [0.15, 0.2) is 29.4 Å². The van der Waals surface area contributed by atoms with Gasteiger partial charge >= 0.3 is 0 Å². The highest BCUT2D eigenvalue weighted by atomic mass is 32.2. The van der Waals surface area contributed by atoms with Crippen LogP contribution in [0.25, 0.3) is 11.4 Å². The molecule has 0 radical (unpaired) electrons. The maximum Gasteiger partial charge on any atom is 0.233 e. The van der Waals surface area contributed by atoms with Gasteiger partial charge in [-0.05, 0) is 26.0 Å². The number of carbonyl (C=O) groups excluding carboxylic acids is 1. The summed E-state index contributed by atoms with van der Waals surface area (Å²) >= 11 is 1.42. The van der Waals surface area contributed by atoms with Crippen molar-refractivity contribution in [1.82, 2.24) is 19.7 Å². The second-order valence-electron chi connectivity index (χ2n) is 6.06. The SMILES string of the molecule is CCn1c(SCC(=O)N2CCOC(C)C2)nnc1-c1ccccc1OC. The van der Waals surface area contributed by atoms with E-state index in [9.17, 15) is 4.79 Å². The molecule has 0 saturated carbocycles. The summed E-state index contributed by atoms with van der Waals surface area (Å²) in [5.41, 5.74) is 0.893. The van der Waals surface area contributed by atoms with Crippen LogP contribution >= 0.6 is 11.8 Å². The molecule has 1 aliphatic heterocycles. The van der Waals surface area contributed by atoms with Crippen LogP contribution in [0.5, 0.6) is 5.75 Å². The Morgan fingerprint density at radius 2 is 2.19 bits per heavy atom. The molecule has 1 amide bonds. The first kappa shape index (κ1) is 18.7. The fourth-order valence-electron chi connectivity index (χ4n) is 2.97. The third-order valence-electron chi connectivity index (χ3n) is 4.30. The third-order valence-corrected chi connectivity index (χ3v) is 5.25. The van der Waals surface area contributed by atoms with Crippen LogP contribution < -0.4 is 4.74 Å². The predicted molar refractivity (Wildman–Crippen MR) is 100 cm³/mol. The van der Waals surface area contributed by atoms with Crippen molar-refractivity contribution < 1.29 is 14.3 Å². The number of thioether (sulfide) groups is 1. The lowest BCUT2D eigenvalue weighted by Gasteiger charge is -2.31. The molecule has 0 spiro atoms. The fraction of sp³-hybridized carbons (Fsp3) is 0.500. The summed E-state index contributed by atoms with van der Waals surface area (Å²) in [6.07, 6.45) is 0.0918. The number of morpholine rings is 1. The van der Waals surface area contributed by atoms with E-state index in [-0.39, 0.29) is 12.0 Å². The molecule has 1 aliphatic rings. The molecule has 1 atom stereocenters. The van der Waals surface area contributed by atoms with E-state index in [4.69, 9.17) is 9.47 Å². The number of nitrogens with zero attached hydrogens (tertiary/aromatic N) is 4. The molecule has 0 N–H and O–H groups in total. The van der Waals surface area contributed by atoms with Crippen molar-refractivity contribution in [1.29, 1.82) is 0 Å². The number of methoxy groups -OCH3 is 1. The van der Waals surface area contributed by atoms with Crippen molar-refractivity contribution in [3.05, 3.63) is 24.3 Å². The van der Waals surface area contributed by atoms with E-state index >= 15 is 0 Å². The van der Waals surface area contributed by atoms with Crippen LogP contribution in [-0.2, 0) is 16.1 Å². The maximum atomic E-state index is 12.5. The Morgan fingerprint density at radius 1 is 1.38 bits per heavy atom. The highest BCUT2D eigenvalue weighted by molar-refractivity contribution is 7.99. The van der Waals surface area contributed by atoms with Gasteiger partial charge in [0.1, 0.15) is 5.75 Å². The molecular weight excluding hydrogens is 352 g/mol. The summed E-state index contributed by atoms with van der Waals surface area (Å²) < 4.78 is 12.9. The van der Waals surface area contributed by atoms with Crippen LogP contribution in [-0.4, -0.2) is 64.2 Å². The normalized spacial score (nSPS) is 17.3. The minimum absolute atomic E-state index is 0.0918. The Hall–Kier alpha value is -2.06. The minimum Gasteiger partial charge on any atom is -0.496 e. The molecule has 2 heterocycles. The Kier molecular flexibility index (Phi) is 6.16. The summed E-state index contributed by atoms with van der Waals surface area (Å²) in [5.74, 6) is 1.95. The second-order valence-corrected chi connectivity index (χ2v) is 7.00. The summed E-state index contributed by atoms with van der Waals surface area (Å²) in [4.78, 5) is 14.3. The van der Waals surface area contributed by atoms with E-state index in [0.717, 1.165) is 22.3 Å². The van der Waals surface area contributed by atoms with Gasteiger partial charge in [0.15, 0.2) is 11.0 Å². The monoisotopic (exact) mass is 376 g/mol. The smallest absolute Gasteiger partial charge is 0.233 e. The summed E-state index contributed by atoms with van der Waals surface area (Å²) in [6, 6.07) is 7.73. The molecule has 0 aliphatic carbocycles. The molecule has 7 nitrogen and oxygen atoms in total. The number of para-hydroxylation sites is 1. The Bertz CT molecular complexity index is 765. The average molecular weight is 376 g/mol. The van der Waals surface area contributed by atoms with Gasteiger partial charge in [-0.25, -0.2) is 0 Å². The zero-order valence-electron chi connectivity index (χ0n) is 15.3. The number of benzene rings is 1. The lowest BCUT2D eigenvalue weighted by molar-refractivity contribution is -0.135. The topological polar surface area (TPSA) is 69.5 Å². The van der Waals surface area contributed by atoms with Crippen molar-refractivity contribution in [3.8, 4) is 17.1 Å². The molecule has 2 aromatic rings. The fourth-order valence-corrected chi connectivity index (χ4v) is 3.88. The van der Waals surface area contributed by atoms with Crippen molar-refractivity contribution in [2.45, 2.75) is 31.7 Å².